The molecule has 2 heterocycles. The maximum absolute atomic E-state index is 6.05. The van der Waals surface area contributed by atoms with Gasteiger partial charge in [-0.1, -0.05) is 34.6 Å². The number of benzene rings is 2. The molecule has 0 atom stereocenters. The molecule has 32 heavy (non-hydrogen) atoms. The summed E-state index contributed by atoms with van der Waals surface area (Å²) in [7, 11) is 1.64. The fraction of sp³-hybridized carbons (Fsp3) is 0.273. The Kier molecular flexibility index (Phi) is 6.00. The number of aromatic nitrogens is 5. The van der Waals surface area contributed by atoms with Gasteiger partial charge in [-0.2, -0.15) is 4.98 Å². The van der Waals surface area contributed by atoms with Crippen molar-refractivity contribution >= 4 is 23.4 Å². The number of hydrogen-bond acceptors (Lipinski definition) is 8. The summed E-state index contributed by atoms with van der Waals surface area (Å²) in [5.41, 5.74) is 0.792. The van der Waals surface area contributed by atoms with Crippen LogP contribution in [0.2, 0.25) is 5.02 Å². The van der Waals surface area contributed by atoms with E-state index < -0.39 is 0 Å². The Labute approximate surface area is 193 Å². The summed E-state index contributed by atoms with van der Waals surface area (Å²) in [6, 6.07) is 15.2. The van der Waals surface area contributed by atoms with Gasteiger partial charge in [-0.15, -0.1) is 10.2 Å². The van der Waals surface area contributed by atoms with Gasteiger partial charge >= 0.3 is 0 Å². The molecular weight excluding hydrogens is 450 g/mol. The zero-order valence-corrected chi connectivity index (χ0v) is 18.8. The van der Waals surface area contributed by atoms with Crippen LogP contribution in [0, 0.1) is 0 Å². The first-order valence-corrected chi connectivity index (χ1v) is 11.5. The topological polar surface area (TPSA) is 88.1 Å². The maximum Gasteiger partial charge on any atom is 0.258 e. The summed E-state index contributed by atoms with van der Waals surface area (Å²) in [4.78, 5) is 4.47. The van der Waals surface area contributed by atoms with Gasteiger partial charge in [0.25, 0.3) is 5.89 Å². The molecule has 4 aromatic rings. The Balaban J connectivity index is 1.25. The quantitative estimate of drug-likeness (QED) is 0.309. The third-order valence-electron chi connectivity index (χ3n) is 4.94. The summed E-state index contributed by atoms with van der Waals surface area (Å²) >= 11 is 7.58. The molecule has 0 saturated heterocycles. The normalized spacial score (nSPS) is 13.3. The number of methoxy groups -OCH3 is 1. The molecule has 8 nitrogen and oxygen atoms in total. The molecule has 0 N–H and O–H groups in total. The second kappa shape index (κ2) is 9.22. The van der Waals surface area contributed by atoms with E-state index in [1.54, 1.807) is 19.2 Å². The minimum atomic E-state index is 0.345. The number of rotatable bonds is 9. The molecule has 0 bridgehead atoms. The molecule has 164 valence electrons. The number of thioether (sulfide) groups is 1. The zero-order chi connectivity index (χ0) is 21.9. The number of halogens is 1. The average Bonchev–Trinajstić information content (AvgIpc) is 3.39. The lowest BCUT2D eigenvalue weighted by Gasteiger charge is -2.10. The van der Waals surface area contributed by atoms with E-state index in [1.165, 1.54) is 11.8 Å². The zero-order valence-electron chi connectivity index (χ0n) is 17.3. The van der Waals surface area contributed by atoms with Crippen LogP contribution in [0.3, 0.4) is 0 Å². The van der Waals surface area contributed by atoms with Crippen LogP contribution < -0.4 is 9.47 Å². The molecule has 2 aromatic heterocycles. The Morgan fingerprint density at radius 3 is 2.69 bits per heavy atom. The molecule has 1 aliphatic rings. The number of nitrogens with zero attached hydrogens (tertiary/aromatic N) is 5. The third-order valence-corrected chi connectivity index (χ3v) is 6.12. The van der Waals surface area contributed by atoms with Crippen molar-refractivity contribution in [3.63, 3.8) is 0 Å². The molecule has 0 spiro atoms. The predicted molar refractivity (Wildman–Crippen MR) is 120 cm³/mol. The minimum absolute atomic E-state index is 0.345. The van der Waals surface area contributed by atoms with Crippen LogP contribution >= 0.6 is 23.4 Å². The lowest BCUT2D eigenvalue weighted by atomic mass is 10.2. The SMILES string of the molecule is COc1ccc(OCc2nnc(SCc3noc(-c4cccc(Cl)c4)n3)n2C2CC2)cc1. The second-order valence-corrected chi connectivity index (χ2v) is 8.66. The van der Waals surface area contributed by atoms with Crippen molar-refractivity contribution in [2.24, 2.45) is 0 Å². The molecular formula is C22H20ClN5O3S. The van der Waals surface area contributed by atoms with Gasteiger partial charge in [-0.05, 0) is 55.3 Å². The smallest absolute Gasteiger partial charge is 0.258 e. The summed E-state index contributed by atoms with van der Waals surface area (Å²) in [6.45, 7) is 0.345. The summed E-state index contributed by atoms with van der Waals surface area (Å²) in [5, 5.41) is 14.3. The third kappa shape index (κ3) is 4.73. The Bertz CT molecular complexity index is 1210. The van der Waals surface area contributed by atoms with Crippen LogP contribution in [-0.4, -0.2) is 32.0 Å². The van der Waals surface area contributed by atoms with Gasteiger partial charge in [0.1, 0.15) is 18.1 Å². The van der Waals surface area contributed by atoms with E-state index in [9.17, 15) is 0 Å². The number of hydrogen-bond donors (Lipinski definition) is 0. The van der Waals surface area contributed by atoms with Gasteiger partial charge in [-0.3, -0.25) is 4.57 Å². The largest absolute Gasteiger partial charge is 0.497 e. The van der Waals surface area contributed by atoms with E-state index in [2.05, 4.69) is 24.9 Å². The molecule has 0 unspecified atom stereocenters. The fourth-order valence-corrected chi connectivity index (χ4v) is 4.26. The molecule has 0 amide bonds. The molecule has 2 aromatic carbocycles. The molecule has 5 rings (SSSR count). The highest BCUT2D eigenvalue weighted by molar-refractivity contribution is 7.98. The summed E-state index contributed by atoms with van der Waals surface area (Å²) in [6.07, 6.45) is 2.23. The van der Waals surface area contributed by atoms with Gasteiger partial charge in [0.15, 0.2) is 16.8 Å². The van der Waals surface area contributed by atoms with Gasteiger partial charge in [-0.25, -0.2) is 0 Å². The van der Waals surface area contributed by atoms with E-state index in [0.29, 0.717) is 35.1 Å². The predicted octanol–water partition coefficient (Wildman–Crippen LogP) is 5.20. The van der Waals surface area contributed by atoms with Gasteiger partial charge in [0.2, 0.25) is 0 Å². The summed E-state index contributed by atoms with van der Waals surface area (Å²) in [5.74, 6) is 3.90. The Hall–Kier alpha value is -3.04. The molecule has 0 radical (unpaired) electrons. The van der Waals surface area contributed by atoms with Crippen LogP contribution in [-0.2, 0) is 12.4 Å². The van der Waals surface area contributed by atoms with E-state index in [4.69, 9.17) is 25.6 Å². The average molecular weight is 470 g/mol. The minimum Gasteiger partial charge on any atom is -0.497 e. The standard InChI is InChI=1S/C22H20ClN5O3S/c1-29-17-7-9-18(10-8-17)30-12-20-25-26-22(28(20)16-5-6-16)32-13-19-24-21(31-27-19)14-3-2-4-15(23)11-14/h2-4,7-11,16H,5-6,12-13H2,1H3. The van der Waals surface area contributed by atoms with Crippen molar-refractivity contribution < 1.29 is 14.0 Å². The van der Waals surface area contributed by atoms with Crippen LogP contribution in [0.4, 0.5) is 0 Å². The Morgan fingerprint density at radius 1 is 1.12 bits per heavy atom. The maximum atomic E-state index is 6.05. The fourth-order valence-electron chi connectivity index (χ4n) is 3.20. The highest BCUT2D eigenvalue weighted by atomic mass is 35.5. The highest BCUT2D eigenvalue weighted by Gasteiger charge is 2.30. The first-order chi connectivity index (χ1) is 15.7. The van der Waals surface area contributed by atoms with Crippen LogP contribution in [0.1, 0.15) is 30.5 Å². The highest BCUT2D eigenvalue weighted by Crippen LogP contribution is 2.39. The molecule has 1 saturated carbocycles. The van der Waals surface area contributed by atoms with Crippen LogP contribution in [0.25, 0.3) is 11.5 Å². The first kappa shape index (κ1) is 20.8. The van der Waals surface area contributed by atoms with Crippen molar-refractivity contribution in [2.75, 3.05) is 7.11 Å². The lowest BCUT2D eigenvalue weighted by Crippen LogP contribution is -2.07. The Morgan fingerprint density at radius 2 is 1.94 bits per heavy atom. The van der Waals surface area contributed by atoms with Gasteiger partial charge in [0, 0.05) is 16.6 Å². The second-order valence-electron chi connectivity index (χ2n) is 7.28. The molecule has 10 heteroatoms. The van der Waals surface area contributed by atoms with Crippen LogP contribution in [0.15, 0.2) is 58.2 Å². The van der Waals surface area contributed by atoms with E-state index >= 15 is 0 Å². The first-order valence-electron chi connectivity index (χ1n) is 10.1. The lowest BCUT2D eigenvalue weighted by molar-refractivity contribution is 0.287. The van der Waals surface area contributed by atoms with E-state index in [1.807, 2.05) is 36.4 Å². The van der Waals surface area contributed by atoms with Crippen molar-refractivity contribution in [2.45, 2.75) is 36.4 Å². The monoisotopic (exact) mass is 469 g/mol. The van der Waals surface area contributed by atoms with Crippen LogP contribution in [0.5, 0.6) is 11.5 Å². The van der Waals surface area contributed by atoms with E-state index in [0.717, 1.165) is 40.9 Å². The molecule has 0 aliphatic heterocycles. The van der Waals surface area contributed by atoms with Gasteiger partial charge in [0.05, 0.1) is 12.9 Å². The number of ether oxygens (including phenoxy) is 2. The molecule has 1 aliphatic carbocycles. The van der Waals surface area contributed by atoms with E-state index in [-0.39, 0.29) is 0 Å². The van der Waals surface area contributed by atoms with Crippen molar-refractivity contribution in [3.8, 4) is 23.0 Å². The molecule has 1 fully saturated rings. The van der Waals surface area contributed by atoms with Crippen molar-refractivity contribution in [1.82, 2.24) is 24.9 Å². The van der Waals surface area contributed by atoms with Crippen molar-refractivity contribution in [1.29, 1.82) is 0 Å². The van der Waals surface area contributed by atoms with Crippen molar-refractivity contribution in [3.05, 3.63) is 65.2 Å². The van der Waals surface area contributed by atoms with Gasteiger partial charge < -0.3 is 14.0 Å². The summed E-state index contributed by atoms with van der Waals surface area (Å²) < 4.78 is 18.6.